The molecule has 0 saturated carbocycles. The van der Waals surface area contributed by atoms with Crippen LogP contribution in [0.5, 0.6) is 0 Å². The second-order valence-electron chi connectivity index (χ2n) is 6.35. The number of rotatable bonds is 14. The van der Waals surface area contributed by atoms with Crippen molar-refractivity contribution in [2.45, 2.75) is 97.8 Å². The topological polar surface area (TPSA) is 37.3 Å². The molecule has 1 N–H and O–H groups in total. The van der Waals surface area contributed by atoms with Gasteiger partial charge in [0.1, 0.15) is 0 Å². The third kappa shape index (κ3) is 11.3. The zero-order valence-electron chi connectivity index (χ0n) is 14.0. The molecule has 120 valence electrons. The predicted molar refractivity (Wildman–Crippen MR) is 87.0 cm³/mol. The van der Waals surface area contributed by atoms with E-state index in [1.165, 1.54) is 64.2 Å². The van der Waals surface area contributed by atoms with Gasteiger partial charge >= 0.3 is 5.97 Å². The highest BCUT2D eigenvalue weighted by Crippen LogP contribution is 2.21. The highest BCUT2D eigenvalue weighted by molar-refractivity contribution is 5.69. The van der Waals surface area contributed by atoms with Gasteiger partial charge in [-0.15, -0.1) is 0 Å². The van der Waals surface area contributed by atoms with Gasteiger partial charge in [-0.3, -0.25) is 4.79 Å². The van der Waals surface area contributed by atoms with E-state index in [4.69, 9.17) is 5.11 Å². The van der Waals surface area contributed by atoms with E-state index in [-0.39, 0.29) is 5.92 Å². The molecule has 0 aliphatic rings. The molecule has 0 radical (unpaired) electrons. The van der Waals surface area contributed by atoms with E-state index < -0.39 is 5.97 Å². The van der Waals surface area contributed by atoms with E-state index in [2.05, 4.69) is 13.8 Å². The van der Waals surface area contributed by atoms with Crippen LogP contribution in [-0.2, 0) is 4.79 Å². The molecule has 0 aliphatic carbocycles. The molecule has 2 nitrogen and oxygen atoms in total. The number of carbonyl (C=O) groups is 1. The van der Waals surface area contributed by atoms with Crippen molar-refractivity contribution in [3.8, 4) is 0 Å². The Bertz CT molecular complexity index is 225. The Kier molecular flexibility index (Phi) is 13.1. The third-order valence-electron chi connectivity index (χ3n) is 4.46. The quantitative estimate of drug-likeness (QED) is 0.394. The van der Waals surface area contributed by atoms with Gasteiger partial charge < -0.3 is 5.11 Å². The molecule has 0 aliphatic heterocycles. The normalized spacial score (nSPS) is 14.2. The summed E-state index contributed by atoms with van der Waals surface area (Å²) in [6.07, 6.45) is 15.3. The summed E-state index contributed by atoms with van der Waals surface area (Å²) in [4.78, 5) is 10.7. The number of unbranched alkanes of at least 4 members (excludes halogenated alkanes) is 6. The van der Waals surface area contributed by atoms with Crippen LogP contribution < -0.4 is 0 Å². The van der Waals surface area contributed by atoms with Crippen LogP contribution >= 0.6 is 0 Å². The summed E-state index contributed by atoms with van der Waals surface area (Å²) in [6.45, 7) is 6.40. The van der Waals surface area contributed by atoms with E-state index in [0.29, 0.717) is 0 Å². The average molecular weight is 284 g/mol. The first-order valence-electron chi connectivity index (χ1n) is 8.84. The lowest BCUT2D eigenvalue weighted by atomic mass is 9.92. The Labute approximate surface area is 126 Å². The van der Waals surface area contributed by atoms with Gasteiger partial charge in [0.2, 0.25) is 0 Å². The Morgan fingerprint density at radius 2 is 1.35 bits per heavy atom. The first-order chi connectivity index (χ1) is 9.61. The van der Waals surface area contributed by atoms with E-state index in [9.17, 15) is 4.79 Å². The molecule has 0 rings (SSSR count). The second kappa shape index (κ2) is 13.5. The van der Waals surface area contributed by atoms with E-state index >= 15 is 0 Å². The van der Waals surface area contributed by atoms with Gasteiger partial charge in [-0.2, -0.15) is 0 Å². The van der Waals surface area contributed by atoms with Crippen molar-refractivity contribution >= 4 is 5.97 Å². The Morgan fingerprint density at radius 3 is 1.85 bits per heavy atom. The Morgan fingerprint density at radius 1 is 0.850 bits per heavy atom. The maximum absolute atomic E-state index is 10.7. The highest BCUT2D eigenvalue weighted by Gasteiger charge is 2.09. The highest BCUT2D eigenvalue weighted by atomic mass is 16.4. The molecular weight excluding hydrogens is 248 g/mol. The number of hydrogen-bond donors (Lipinski definition) is 1. The molecule has 2 atom stereocenters. The summed E-state index contributed by atoms with van der Waals surface area (Å²) in [6, 6.07) is 0. The summed E-state index contributed by atoms with van der Waals surface area (Å²) < 4.78 is 0. The molecule has 0 spiro atoms. The van der Waals surface area contributed by atoms with Gasteiger partial charge in [0, 0.05) is 0 Å². The largest absolute Gasteiger partial charge is 0.481 e. The van der Waals surface area contributed by atoms with Crippen molar-refractivity contribution in [3.05, 3.63) is 0 Å². The minimum atomic E-state index is -0.650. The predicted octanol–water partition coefficient (Wildman–Crippen LogP) is 6.04. The Balaban J connectivity index is 3.39. The SMILES string of the molecule is CCCCCC(CC)CCCCCCCC(C)C(=O)O. The lowest BCUT2D eigenvalue weighted by Crippen LogP contribution is -2.08. The van der Waals surface area contributed by atoms with Crippen LogP contribution in [0.3, 0.4) is 0 Å². The molecule has 2 heteroatoms. The van der Waals surface area contributed by atoms with Crippen molar-refractivity contribution in [1.29, 1.82) is 0 Å². The molecule has 0 aromatic carbocycles. The van der Waals surface area contributed by atoms with Crippen LogP contribution in [0.15, 0.2) is 0 Å². The van der Waals surface area contributed by atoms with Gasteiger partial charge in [0.15, 0.2) is 0 Å². The van der Waals surface area contributed by atoms with Crippen molar-refractivity contribution in [1.82, 2.24) is 0 Å². The van der Waals surface area contributed by atoms with Crippen molar-refractivity contribution < 1.29 is 9.90 Å². The number of aliphatic carboxylic acids is 1. The molecule has 0 aromatic rings. The average Bonchev–Trinajstić information content (AvgIpc) is 2.44. The lowest BCUT2D eigenvalue weighted by Gasteiger charge is -2.14. The summed E-state index contributed by atoms with van der Waals surface area (Å²) in [7, 11) is 0. The first kappa shape index (κ1) is 19.5. The smallest absolute Gasteiger partial charge is 0.306 e. The molecule has 20 heavy (non-hydrogen) atoms. The standard InChI is InChI=1S/C18H36O2/c1-4-6-10-14-17(5-2)15-12-9-7-8-11-13-16(3)18(19)20/h16-17H,4-15H2,1-3H3,(H,19,20). The van der Waals surface area contributed by atoms with Crippen molar-refractivity contribution in [2.75, 3.05) is 0 Å². The summed E-state index contributed by atoms with van der Waals surface area (Å²) in [5.74, 6) is 0.120. The monoisotopic (exact) mass is 284 g/mol. The minimum Gasteiger partial charge on any atom is -0.481 e. The van der Waals surface area contributed by atoms with Crippen LogP contribution in [0, 0.1) is 11.8 Å². The molecule has 0 aromatic heterocycles. The molecule has 0 heterocycles. The van der Waals surface area contributed by atoms with Crippen LogP contribution in [-0.4, -0.2) is 11.1 Å². The number of hydrogen-bond acceptors (Lipinski definition) is 1. The summed E-state index contributed by atoms with van der Waals surface area (Å²) in [5, 5.41) is 8.80. The van der Waals surface area contributed by atoms with Crippen molar-refractivity contribution in [3.63, 3.8) is 0 Å². The summed E-state index contributed by atoms with van der Waals surface area (Å²) in [5.41, 5.74) is 0. The number of carboxylic acid groups (broad SMARTS) is 1. The fourth-order valence-electron chi connectivity index (χ4n) is 2.77. The van der Waals surface area contributed by atoms with Gasteiger partial charge in [-0.05, 0) is 12.3 Å². The molecular formula is C18H36O2. The number of carboxylic acids is 1. The van der Waals surface area contributed by atoms with E-state index in [1.807, 2.05) is 6.92 Å². The van der Waals surface area contributed by atoms with Crippen molar-refractivity contribution in [2.24, 2.45) is 11.8 Å². The molecule has 0 saturated heterocycles. The van der Waals surface area contributed by atoms with Gasteiger partial charge in [0.05, 0.1) is 5.92 Å². The fourth-order valence-corrected chi connectivity index (χ4v) is 2.77. The van der Waals surface area contributed by atoms with Crippen LogP contribution in [0.2, 0.25) is 0 Å². The molecule has 0 amide bonds. The van der Waals surface area contributed by atoms with Gasteiger partial charge in [-0.1, -0.05) is 91.4 Å². The van der Waals surface area contributed by atoms with Crippen LogP contribution in [0.25, 0.3) is 0 Å². The second-order valence-corrected chi connectivity index (χ2v) is 6.35. The Hall–Kier alpha value is -0.530. The zero-order valence-corrected chi connectivity index (χ0v) is 14.0. The van der Waals surface area contributed by atoms with Gasteiger partial charge in [-0.25, -0.2) is 0 Å². The molecule has 0 fully saturated rings. The van der Waals surface area contributed by atoms with Crippen LogP contribution in [0.4, 0.5) is 0 Å². The first-order valence-corrected chi connectivity index (χ1v) is 8.84. The minimum absolute atomic E-state index is 0.168. The van der Waals surface area contributed by atoms with Gasteiger partial charge in [0.25, 0.3) is 0 Å². The van der Waals surface area contributed by atoms with Crippen LogP contribution in [0.1, 0.15) is 97.8 Å². The maximum atomic E-state index is 10.7. The van der Waals surface area contributed by atoms with E-state index in [0.717, 1.165) is 18.8 Å². The van der Waals surface area contributed by atoms with E-state index in [1.54, 1.807) is 0 Å². The maximum Gasteiger partial charge on any atom is 0.306 e. The fraction of sp³-hybridized carbons (Fsp3) is 0.944. The lowest BCUT2D eigenvalue weighted by molar-refractivity contribution is -0.141. The molecule has 0 bridgehead atoms. The zero-order chi connectivity index (χ0) is 15.2. The molecule has 2 unspecified atom stereocenters. The summed E-state index contributed by atoms with van der Waals surface area (Å²) >= 11 is 0. The third-order valence-corrected chi connectivity index (χ3v) is 4.46.